The number of hydrogen-bond acceptors (Lipinski definition) is 4. The molecular weight excluding hydrogens is 218 g/mol. The van der Waals surface area contributed by atoms with Crippen LogP contribution in [0.4, 0.5) is 0 Å². The zero-order valence-electron chi connectivity index (χ0n) is 9.54. The third kappa shape index (κ3) is 1.65. The Kier molecular flexibility index (Phi) is 2.42. The molecule has 0 spiro atoms. The van der Waals surface area contributed by atoms with Crippen molar-refractivity contribution < 1.29 is 9.84 Å². The van der Waals surface area contributed by atoms with Gasteiger partial charge in [0.2, 0.25) is 0 Å². The molecule has 3 rings (SSSR count). The van der Waals surface area contributed by atoms with Gasteiger partial charge in [0.1, 0.15) is 11.5 Å². The van der Waals surface area contributed by atoms with Crippen LogP contribution < -0.4 is 0 Å². The maximum atomic E-state index is 10.5. The summed E-state index contributed by atoms with van der Waals surface area (Å²) in [6.07, 6.45) is 5.45. The van der Waals surface area contributed by atoms with Gasteiger partial charge in [-0.2, -0.15) is 5.26 Å². The molecule has 1 N–H and O–H groups in total. The SMILES string of the molecule is N#CC1(C(O)c2cncn2C2CC2)CCOC1. The van der Waals surface area contributed by atoms with E-state index in [-0.39, 0.29) is 0 Å². The fourth-order valence-corrected chi connectivity index (χ4v) is 2.41. The Bertz CT molecular complexity index is 453. The van der Waals surface area contributed by atoms with Crippen LogP contribution in [-0.4, -0.2) is 27.9 Å². The number of ether oxygens (including phenoxy) is 1. The summed E-state index contributed by atoms with van der Waals surface area (Å²) in [5.74, 6) is 0. The highest BCUT2D eigenvalue weighted by Crippen LogP contribution is 2.43. The molecule has 1 saturated carbocycles. The minimum Gasteiger partial charge on any atom is -0.385 e. The Morgan fingerprint density at radius 1 is 1.65 bits per heavy atom. The average molecular weight is 233 g/mol. The largest absolute Gasteiger partial charge is 0.385 e. The second-order valence-corrected chi connectivity index (χ2v) is 4.93. The first-order valence-electron chi connectivity index (χ1n) is 5.96. The lowest BCUT2D eigenvalue weighted by atomic mass is 9.81. The molecule has 0 aromatic carbocycles. The van der Waals surface area contributed by atoms with Gasteiger partial charge in [0.25, 0.3) is 0 Å². The van der Waals surface area contributed by atoms with Gasteiger partial charge in [-0.1, -0.05) is 0 Å². The highest BCUT2D eigenvalue weighted by molar-refractivity contribution is 5.17. The standard InChI is InChI=1S/C12H15N3O2/c13-6-12(3-4-17-7-12)11(16)10-5-14-8-15(10)9-1-2-9/h5,8-9,11,16H,1-4,7H2. The van der Waals surface area contributed by atoms with E-state index in [2.05, 4.69) is 11.1 Å². The van der Waals surface area contributed by atoms with Crippen molar-refractivity contribution in [3.63, 3.8) is 0 Å². The van der Waals surface area contributed by atoms with Crippen molar-refractivity contribution in [1.82, 2.24) is 9.55 Å². The van der Waals surface area contributed by atoms with Crippen molar-refractivity contribution >= 4 is 0 Å². The molecule has 17 heavy (non-hydrogen) atoms. The first-order chi connectivity index (χ1) is 8.27. The maximum Gasteiger partial charge on any atom is 0.116 e. The smallest absolute Gasteiger partial charge is 0.116 e. The Morgan fingerprint density at radius 3 is 3.06 bits per heavy atom. The molecule has 2 atom stereocenters. The quantitative estimate of drug-likeness (QED) is 0.851. The van der Waals surface area contributed by atoms with E-state index in [1.165, 1.54) is 0 Å². The molecule has 2 fully saturated rings. The molecule has 0 radical (unpaired) electrons. The summed E-state index contributed by atoms with van der Waals surface area (Å²) in [4.78, 5) is 4.09. The summed E-state index contributed by atoms with van der Waals surface area (Å²) in [5.41, 5.74) is -0.0494. The van der Waals surface area contributed by atoms with E-state index < -0.39 is 11.5 Å². The van der Waals surface area contributed by atoms with Crippen molar-refractivity contribution in [3.8, 4) is 6.07 Å². The lowest BCUT2D eigenvalue weighted by Crippen LogP contribution is -2.29. The molecule has 0 bridgehead atoms. The van der Waals surface area contributed by atoms with E-state index in [1.807, 2.05) is 4.57 Å². The summed E-state index contributed by atoms with van der Waals surface area (Å²) < 4.78 is 7.28. The van der Waals surface area contributed by atoms with Crippen LogP contribution in [0.2, 0.25) is 0 Å². The third-order valence-corrected chi connectivity index (χ3v) is 3.71. The van der Waals surface area contributed by atoms with E-state index in [9.17, 15) is 10.4 Å². The average Bonchev–Trinajstić information content (AvgIpc) is 2.92. The fraction of sp³-hybridized carbons (Fsp3) is 0.667. The van der Waals surface area contributed by atoms with Crippen LogP contribution in [0.3, 0.4) is 0 Å². The first-order valence-corrected chi connectivity index (χ1v) is 5.96. The van der Waals surface area contributed by atoms with Crippen LogP contribution in [0.5, 0.6) is 0 Å². The Hall–Kier alpha value is -1.38. The van der Waals surface area contributed by atoms with E-state index >= 15 is 0 Å². The molecule has 5 nitrogen and oxygen atoms in total. The summed E-state index contributed by atoms with van der Waals surface area (Å²) in [5, 5.41) is 19.8. The van der Waals surface area contributed by atoms with Crippen molar-refractivity contribution in [2.75, 3.05) is 13.2 Å². The van der Waals surface area contributed by atoms with Crippen molar-refractivity contribution in [1.29, 1.82) is 5.26 Å². The summed E-state index contributed by atoms with van der Waals surface area (Å²) in [6, 6.07) is 2.69. The highest BCUT2D eigenvalue weighted by atomic mass is 16.5. The van der Waals surface area contributed by atoms with Gasteiger partial charge in [-0.3, -0.25) is 0 Å². The number of aliphatic hydroxyl groups is 1. The number of aromatic nitrogens is 2. The van der Waals surface area contributed by atoms with E-state index in [1.54, 1.807) is 12.5 Å². The Morgan fingerprint density at radius 2 is 2.47 bits per heavy atom. The third-order valence-electron chi connectivity index (χ3n) is 3.71. The van der Waals surface area contributed by atoms with E-state index in [0.29, 0.717) is 25.7 Å². The number of nitriles is 1. The van der Waals surface area contributed by atoms with Crippen LogP contribution in [0.15, 0.2) is 12.5 Å². The monoisotopic (exact) mass is 233 g/mol. The predicted molar refractivity (Wildman–Crippen MR) is 58.9 cm³/mol. The number of nitrogens with zero attached hydrogens (tertiary/aromatic N) is 3. The molecule has 1 aromatic heterocycles. The molecule has 1 aromatic rings. The normalized spacial score (nSPS) is 30.1. The highest BCUT2D eigenvalue weighted by Gasteiger charge is 2.45. The molecule has 1 saturated heterocycles. The second-order valence-electron chi connectivity index (χ2n) is 4.93. The van der Waals surface area contributed by atoms with Crippen molar-refractivity contribution in [2.24, 2.45) is 5.41 Å². The molecule has 2 heterocycles. The molecule has 1 aliphatic heterocycles. The van der Waals surface area contributed by atoms with Crippen LogP contribution in [-0.2, 0) is 4.74 Å². The van der Waals surface area contributed by atoms with E-state index in [4.69, 9.17) is 4.74 Å². The fourth-order valence-electron chi connectivity index (χ4n) is 2.41. The molecule has 2 aliphatic rings. The molecule has 0 amide bonds. The number of aliphatic hydroxyl groups excluding tert-OH is 1. The predicted octanol–water partition coefficient (Wildman–Crippen LogP) is 1.18. The zero-order chi connectivity index (χ0) is 11.9. The topological polar surface area (TPSA) is 71.1 Å². The second kappa shape index (κ2) is 3.83. The first kappa shape index (κ1) is 10.8. The van der Waals surface area contributed by atoms with Gasteiger partial charge in [-0.25, -0.2) is 4.98 Å². The van der Waals surface area contributed by atoms with Gasteiger partial charge < -0.3 is 14.4 Å². The summed E-state index contributed by atoms with van der Waals surface area (Å²) in [6.45, 7) is 0.850. The van der Waals surface area contributed by atoms with Gasteiger partial charge in [-0.15, -0.1) is 0 Å². The number of imidazole rings is 1. The Balaban J connectivity index is 1.92. The van der Waals surface area contributed by atoms with Gasteiger partial charge in [0.15, 0.2) is 0 Å². The Labute approximate surface area is 99.6 Å². The molecular formula is C12H15N3O2. The van der Waals surface area contributed by atoms with Gasteiger partial charge in [0, 0.05) is 12.6 Å². The lowest BCUT2D eigenvalue weighted by molar-refractivity contribution is 0.0446. The van der Waals surface area contributed by atoms with Crippen molar-refractivity contribution in [2.45, 2.75) is 31.4 Å². The van der Waals surface area contributed by atoms with Crippen molar-refractivity contribution in [3.05, 3.63) is 18.2 Å². The molecule has 2 unspecified atom stereocenters. The minimum absolute atomic E-state index is 0.306. The van der Waals surface area contributed by atoms with Gasteiger partial charge in [-0.05, 0) is 19.3 Å². The van der Waals surface area contributed by atoms with Crippen LogP contribution in [0, 0.1) is 16.7 Å². The molecule has 90 valence electrons. The number of rotatable bonds is 3. The van der Waals surface area contributed by atoms with Crippen LogP contribution in [0.25, 0.3) is 0 Å². The van der Waals surface area contributed by atoms with Crippen LogP contribution >= 0.6 is 0 Å². The maximum absolute atomic E-state index is 10.5. The molecule has 1 aliphatic carbocycles. The number of hydrogen-bond donors (Lipinski definition) is 1. The van der Waals surface area contributed by atoms with E-state index in [0.717, 1.165) is 18.5 Å². The molecule has 5 heteroatoms. The summed E-state index contributed by atoms with van der Waals surface area (Å²) >= 11 is 0. The van der Waals surface area contributed by atoms with Gasteiger partial charge >= 0.3 is 0 Å². The summed E-state index contributed by atoms with van der Waals surface area (Å²) in [7, 11) is 0. The zero-order valence-corrected chi connectivity index (χ0v) is 9.54. The van der Waals surface area contributed by atoms with Crippen LogP contribution in [0.1, 0.15) is 37.1 Å². The lowest BCUT2D eigenvalue weighted by Gasteiger charge is -2.26. The minimum atomic E-state index is -0.807. The van der Waals surface area contributed by atoms with Gasteiger partial charge in [0.05, 0.1) is 30.9 Å².